The molecule has 0 bridgehead atoms. The summed E-state index contributed by atoms with van der Waals surface area (Å²) in [6.07, 6.45) is 6.03. The van der Waals surface area contributed by atoms with Crippen LogP contribution < -0.4 is 0 Å². The molecule has 0 nitrogen and oxygen atoms in total. The van der Waals surface area contributed by atoms with E-state index in [0.29, 0.717) is 0 Å². The van der Waals surface area contributed by atoms with Crippen LogP contribution in [0, 0.1) is 6.92 Å². The number of hydrogen-bond donors (Lipinski definition) is 0. The van der Waals surface area contributed by atoms with Crippen molar-refractivity contribution in [2.45, 2.75) is 19.3 Å². The molecule has 0 radical (unpaired) electrons. The van der Waals surface area contributed by atoms with Crippen molar-refractivity contribution >= 4 is 17.7 Å². The van der Waals surface area contributed by atoms with Gasteiger partial charge in [0, 0.05) is 10.4 Å². The Morgan fingerprint density at radius 2 is 1.69 bits per heavy atom. The predicted molar refractivity (Wildman–Crippen MR) is 113 cm³/mol. The summed E-state index contributed by atoms with van der Waals surface area (Å²) >= 11 is 6.41. The molecule has 0 saturated carbocycles. The molecule has 1 heteroatoms. The first-order chi connectivity index (χ1) is 12.6. The fourth-order valence-corrected chi connectivity index (χ4v) is 4.41. The molecule has 3 aromatic carbocycles. The van der Waals surface area contributed by atoms with E-state index < -0.39 is 0 Å². The third-order valence-corrected chi connectivity index (χ3v) is 5.76. The number of benzene rings is 3. The first-order valence-electron chi connectivity index (χ1n) is 8.86. The number of allylic oxidation sites excluding steroid dienone is 2. The highest BCUT2D eigenvalue weighted by atomic mass is 35.5. The van der Waals surface area contributed by atoms with Crippen LogP contribution in [0.15, 0.2) is 79.4 Å². The monoisotopic (exact) mass is 356 g/mol. The standard InChI is InChI=1S/C25H21Cl/c1-4-5-11-20-17(2)12-14-22-21-15-13-19(26)16-23(21)25(3,24(20)22)18-9-7-6-8-10-18/h4-16H,1H2,2-3H3/b11-5-. The highest BCUT2D eigenvalue weighted by Gasteiger charge is 2.42. The van der Waals surface area contributed by atoms with Crippen LogP contribution in [0.4, 0.5) is 0 Å². The molecule has 3 aromatic rings. The van der Waals surface area contributed by atoms with Crippen LogP contribution in [0.5, 0.6) is 0 Å². The predicted octanol–water partition coefficient (Wildman–Crippen LogP) is 7.18. The maximum Gasteiger partial charge on any atom is 0.0442 e. The van der Waals surface area contributed by atoms with Crippen molar-refractivity contribution < 1.29 is 0 Å². The minimum absolute atomic E-state index is 0.246. The number of hydrogen-bond acceptors (Lipinski definition) is 0. The van der Waals surface area contributed by atoms with E-state index in [-0.39, 0.29) is 5.41 Å². The lowest BCUT2D eigenvalue weighted by molar-refractivity contribution is 0.711. The molecular weight excluding hydrogens is 336 g/mol. The molecule has 0 heterocycles. The Kier molecular flexibility index (Phi) is 4.09. The maximum absolute atomic E-state index is 6.41. The molecule has 0 fully saturated rings. The van der Waals surface area contributed by atoms with Gasteiger partial charge in [-0.05, 0) is 64.9 Å². The Morgan fingerprint density at radius 1 is 0.962 bits per heavy atom. The van der Waals surface area contributed by atoms with E-state index in [2.05, 4.69) is 81.1 Å². The van der Waals surface area contributed by atoms with Crippen LogP contribution in [-0.4, -0.2) is 0 Å². The quantitative estimate of drug-likeness (QED) is 0.436. The molecule has 1 aliphatic carbocycles. The summed E-state index contributed by atoms with van der Waals surface area (Å²) < 4.78 is 0. The minimum atomic E-state index is -0.246. The van der Waals surface area contributed by atoms with Crippen molar-refractivity contribution in [3.8, 4) is 11.1 Å². The maximum atomic E-state index is 6.41. The number of fused-ring (bicyclic) bond motifs is 3. The van der Waals surface area contributed by atoms with E-state index >= 15 is 0 Å². The van der Waals surface area contributed by atoms with E-state index in [0.717, 1.165) is 5.02 Å². The van der Waals surface area contributed by atoms with Gasteiger partial charge in [-0.2, -0.15) is 0 Å². The summed E-state index contributed by atoms with van der Waals surface area (Å²) in [5.74, 6) is 0. The van der Waals surface area contributed by atoms with Crippen molar-refractivity contribution in [3.63, 3.8) is 0 Å². The fourth-order valence-electron chi connectivity index (χ4n) is 4.24. The van der Waals surface area contributed by atoms with E-state index in [1.165, 1.54) is 38.9 Å². The summed E-state index contributed by atoms with van der Waals surface area (Å²) in [6.45, 7) is 8.32. The lowest BCUT2D eigenvalue weighted by Crippen LogP contribution is -2.23. The molecule has 0 saturated heterocycles. The molecule has 26 heavy (non-hydrogen) atoms. The van der Waals surface area contributed by atoms with Gasteiger partial charge in [-0.3, -0.25) is 0 Å². The summed E-state index contributed by atoms with van der Waals surface area (Å²) in [7, 11) is 0. The first-order valence-corrected chi connectivity index (χ1v) is 9.24. The summed E-state index contributed by atoms with van der Waals surface area (Å²) in [4.78, 5) is 0. The average Bonchev–Trinajstić information content (AvgIpc) is 2.91. The average molecular weight is 357 g/mol. The van der Waals surface area contributed by atoms with Gasteiger partial charge < -0.3 is 0 Å². The Bertz CT molecular complexity index is 1030. The lowest BCUT2D eigenvalue weighted by atomic mass is 9.72. The van der Waals surface area contributed by atoms with Gasteiger partial charge in [0.1, 0.15) is 0 Å². The Balaban J connectivity index is 2.14. The van der Waals surface area contributed by atoms with E-state index in [1.54, 1.807) is 0 Å². The lowest BCUT2D eigenvalue weighted by Gasteiger charge is -2.30. The molecule has 1 aliphatic rings. The van der Waals surface area contributed by atoms with Gasteiger partial charge in [0.25, 0.3) is 0 Å². The molecule has 1 atom stereocenters. The number of rotatable bonds is 3. The smallest absolute Gasteiger partial charge is 0.0442 e. The third-order valence-electron chi connectivity index (χ3n) is 5.52. The van der Waals surface area contributed by atoms with Crippen LogP contribution in [0.3, 0.4) is 0 Å². The zero-order valence-corrected chi connectivity index (χ0v) is 15.8. The normalized spacial score (nSPS) is 18.0. The van der Waals surface area contributed by atoms with Crippen LogP contribution >= 0.6 is 11.6 Å². The fraction of sp³-hybridized carbons (Fsp3) is 0.120. The molecule has 0 aliphatic heterocycles. The molecule has 0 amide bonds. The second-order valence-electron chi connectivity index (χ2n) is 6.99. The highest BCUT2D eigenvalue weighted by Crippen LogP contribution is 2.54. The molecular formula is C25H21Cl. The molecule has 4 rings (SSSR count). The van der Waals surface area contributed by atoms with Gasteiger partial charge in [0.2, 0.25) is 0 Å². The Morgan fingerprint density at radius 3 is 2.42 bits per heavy atom. The molecule has 1 unspecified atom stereocenters. The number of aryl methyl sites for hydroxylation is 1. The van der Waals surface area contributed by atoms with Gasteiger partial charge in [0.15, 0.2) is 0 Å². The van der Waals surface area contributed by atoms with Gasteiger partial charge in [-0.15, -0.1) is 0 Å². The number of halogens is 1. The first kappa shape index (κ1) is 16.9. The largest absolute Gasteiger partial charge is 0.0991 e. The van der Waals surface area contributed by atoms with Gasteiger partial charge in [-0.1, -0.05) is 84.9 Å². The molecule has 128 valence electrons. The van der Waals surface area contributed by atoms with Crippen LogP contribution in [-0.2, 0) is 5.41 Å². The van der Waals surface area contributed by atoms with Crippen LogP contribution in [0.25, 0.3) is 17.2 Å². The molecule has 0 aromatic heterocycles. The minimum Gasteiger partial charge on any atom is -0.0991 e. The van der Waals surface area contributed by atoms with Crippen LogP contribution in [0.2, 0.25) is 5.02 Å². The zero-order valence-electron chi connectivity index (χ0n) is 15.1. The van der Waals surface area contributed by atoms with E-state index in [9.17, 15) is 0 Å². The van der Waals surface area contributed by atoms with Crippen molar-refractivity contribution in [3.05, 3.63) is 112 Å². The van der Waals surface area contributed by atoms with Crippen molar-refractivity contribution in [1.82, 2.24) is 0 Å². The van der Waals surface area contributed by atoms with E-state index in [1.807, 2.05) is 18.2 Å². The second-order valence-corrected chi connectivity index (χ2v) is 7.43. The second kappa shape index (κ2) is 6.30. The SMILES string of the molecule is C=C/C=C\c1c(C)ccc2c1C(C)(c1ccccc1)c1cc(Cl)ccc1-2. The van der Waals surface area contributed by atoms with Crippen LogP contribution in [0.1, 0.15) is 34.7 Å². The van der Waals surface area contributed by atoms with Crippen molar-refractivity contribution in [2.75, 3.05) is 0 Å². The van der Waals surface area contributed by atoms with Gasteiger partial charge in [0.05, 0.1) is 0 Å². The van der Waals surface area contributed by atoms with Crippen molar-refractivity contribution in [2.24, 2.45) is 0 Å². The zero-order chi connectivity index (χ0) is 18.3. The van der Waals surface area contributed by atoms with Gasteiger partial charge in [-0.25, -0.2) is 0 Å². The third kappa shape index (κ3) is 2.37. The Labute approximate surface area is 160 Å². The van der Waals surface area contributed by atoms with E-state index in [4.69, 9.17) is 11.6 Å². The summed E-state index contributed by atoms with van der Waals surface area (Å²) in [5.41, 5.74) is 8.74. The highest BCUT2D eigenvalue weighted by molar-refractivity contribution is 6.30. The topological polar surface area (TPSA) is 0 Å². The molecule has 0 N–H and O–H groups in total. The summed E-state index contributed by atoms with van der Waals surface area (Å²) in [6, 6.07) is 21.4. The van der Waals surface area contributed by atoms with Gasteiger partial charge >= 0.3 is 0 Å². The Hall–Kier alpha value is -2.57. The summed E-state index contributed by atoms with van der Waals surface area (Å²) in [5, 5.41) is 0.776. The molecule has 0 spiro atoms. The van der Waals surface area contributed by atoms with Crippen molar-refractivity contribution in [1.29, 1.82) is 0 Å².